The summed E-state index contributed by atoms with van der Waals surface area (Å²) in [5.74, 6) is 0.395. The van der Waals surface area contributed by atoms with Crippen LogP contribution in [0.3, 0.4) is 0 Å². The molecule has 0 aliphatic carbocycles. The minimum atomic E-state index is -0.254. The quantitative estimate of drug-likeness (QED) is 0.635. The summed E-state index contributed by atoms with van der Waals surface area (Å²) >= 11 is 0. The Hall–Kier alpha value is -2.61. The lowest BCUT2D eigenvalue weighted by molar-refractivity contribution is 0.0618. The standard InChI is InChI=1S/C20H28N6O2/c1-3-12(2)21-20(28)22-14-4-5-16-15(10-14)18(25-24-16)19(27)23-17-11-26-8-6-13(17)7-9-26/h4-5,10,12-13,17H,3,6-9,11H2,1-2H3,(H,23,27)(H,24,25)(H2,21,22,28)/t12?,17-/m0/s1. The van der Waals surface area contributed by atoms with Crippen LogP contribution < -0.4 is 16.0 Å². The van der Waals surface area contributed by atoms with E-state index in [0.29, 0.717) is 22.7 Å². The smallest absolute Gasteiger partial charge is 0.319 e. The van der Waals surface area contributed by atoms with Crippen molar-refractivity contribution >= 4 is 28.5 Å². The lowest BCUT2D eigenvalue weighted by Gasteiger charge is -2.44. The number of nitrogens with zero attached hydrogens (tertiary/aromatic N) is 2. The molecular weight excluding hydrogens is 356 g/mol. The fourth-order valence-electron chi connectivity index (χ4n) is 4.12. The van der Waals surface area contributed by atoms with Gasteiger partial charge >= 0.3 is 6.03 Å². The van der Waals surface area contributed by atoms with Gasteiger partial charge in [-0.1, -0.05) is 6.92 Å². The van der Waals surface area contributed by atoms with Gasteiger partial charge in [0.05, 0.1) is 5.52 Å². The van der Waals surface area contributed by atoms with Crippen molar-refractivity contribution < 1.29 is 9.59 Å². The van der Waals surface area contributed by atoms with E-state index in [9.17, 15) is 9.59 Å². The van der Waals surface area contributed by atoms with Crippen molar-refractivity contribution in [3.63, 3.8) is 0 Å². The van der Waals surface area contributed by atoms with Gasteiger partial charge in [0.25, 0.3) is 5.91 Å². The number of nitrogens with one attached hydrogen (secondary N) is 4. The van der Waals surface area contributed by atoms with Crippen molar-refractivity contribution in [1.29, 1.82) is 0 Å². The molecule has 8 nitrogen and oxygen atoms in total. The Morgan fingerprint density at radius 2 is 2.11 bits per heavy atom. The third-order valence-corrected chi connectivity index (χ3v) is 6.00. The topological polar surface area (TPSA) is 102 Å². The van der Waals surface area contributed by atoms with E-state index in [1.165, 1.54) is 0 Å². The molecule has 3 aliphatic heterocycles. The molecule has 3 amide bonds. The average molecular weight is 384 g/mol. The zero-order chi connectivity index (χ0) is 19.7. The lowest BCUT2D eigenvalue weighted by Crippen LogP contribution is -2.57. The Kier molecular flexibility index (Phi) is 5.21. The third-order valence-electron chi connectivity index (χ3n) is 6.00. The molecule has 0 radical (unpaired) electrons. The first kappa shape index (κ1) is 18.7. The van der Waals surface area contributed by atoms with E-state index in [1.807, 2.05) is 19.9 Å². The molecule has 3 saturated heterocycles. The molecule has 4 N–H and O–H groups in total. The molecule has 0 spiro atoms. The second kappa shape index (κ2) is 7.79. The molecule has 2 atom stereocenters. The SMILES string of the molecule is CCC(C)NC(=O)Nc1ccc2[nH]nc(C(=O)N[C@H]3CN4CCC3CC4)c2c1. The second-order valence-corrected chi connectivity index (χ2v) is 7.96. The molecule has 4 heterocycles. The Morgan fingerprint density at radius 1 is 1.32 bits per heavy atom. The predicted octanol–water partition coefficient (Wildman–Crippen LogP) is 2.31. The maximum Gasteiger partial charge on any atom is 0.319 e. The number of hydrogen-bond donors (Lipinski definition) is 4. The van der Waals surface area contributed by atoms with E-state index in [1.54, 1.807) is 12.1 Å². The molecule has 5 rings (SSSR count). The number of hydrogen-bond acceptors (Lipinski definition) is 4. The van der Waals surface area contributed by atoms with Gasteiger partial charge in [-0.3, -0.25) is 9.89 Å². The van der Waals surface area contributed by atoms with Gasteiger partial charge in [0, 0.05) is 29.7 Å². The monoisotopic (exact) mass is 384 g/mol. The summed E-state index contributed by atoms with van der Waals surface area (Å²) in [5.41, 5.74) is 1.77. The molecule has 2 bridgehead atoms. The van der Waals surface area contributed by atoms with Crippen LogP contribution in [-0.4, -0.2) is 58.8 Å². The molecule has 1 unspecified atom stereocenters. The Labute approximate surface area is 164 Å². The van der Waals surface area contributed by atoms with Crippen molar-refractivity contribution in [2.24, 2.45) is 5.92 Å². The number of rotatable bonds is 5. The summed E-state index contributed by atoms with van der Waals surface area (Å²) in [6.07, 6.45) is 3.15. The minimum absolute atomic E-state index is 0.0977. The van der Waals surface area contributed by atoms with E-state index < -0.39 is 0 Å². The number of piperidine rings is 3. The van der Waals surface area contributed by atoms with Gasteiger partial charge < -0.3 is 20.9 Å². The van der Waals surface area contributed by atoms with Gasteiger partial charge in [0.1, 0.15) is 0 Å². The molecule has 0 saturated carbocycles. The first-order chi connectivity index (χ1) is 13.5. The van der Waals surface area contributed by atoms with Crippen LogP contribution >= 0.6 is 0 Å². The van der Waals surface area contributed by atoms with Crippen molar-refractivity contribution in [2.75, 3.05) is 25.0 Å². The summed E-state index contributed by atoms with van der Waals surface area (Å²) in [4.78, 5) is 27.4. The zero-order valence-electron chi connectivity index (χ0n) is 16.4. The summed E-state index contributed by atoms with van der Waals surface area (Å²) in [7, 11) is 0. The zero-order valence-corrected chi connectivity index (χ0v) is 16.4. The fraction of sp³-hybridized carbons (Fsp3) is 0.550. The van der Waals surface area contributed by atoms with Crippen LogP contribution in [0.4, 0.5) is 10.5 Å². The van der Waals surface area contributed by atoms with Crippen LogP contribution in [-0.2, 0) is 0 Å². The van der Waals surface area contributed by atoms with Crippen molar-refractivity contribution in [1.82, 2.24) is 25.7 Å². The molecule has 3 fully saturated rings. The maximum absolute atomic E-state index is 12.9. The van der Waals surface area contributed by atoms with Crippen LogP contribution in [0.1, 0.15) is 43.6 Å². The summed E-state index contributed by atoms with van der Waals surface area (Å²) in [6, 6.07) is 5.44. The number of aromatic nitrogens is 2. The van der Waals surface area contributed by atoms with E-state index in [-0.39, 0.29) is 24.0 Å². The number of aromatic amines is 1. The summed E-state index contributed by atoms with van der Waals surface area (Å²) < 4.78 is 0. The Bertz CT molecular complexity index is 871. The van der Waals surface area contributed by atoms with Gasteiger partial charge in [0.15, 0.2) is 5.69 Å². The molecule has 150 valence electrons. The highest BCUT2D eigenvalue weighted by atomic mass is 16.2. The third kappa shape index (κ3) is 3.82. The number of anilines is 1. The predicted molar refractivity (Wildman–Crippen MR) is 108 cm³/mol. The second-order valence-electron chi connectivity index (χ2n) is 7.96. The molecule has 28 heavy (non-hydrogen) atoms. The van der Waals surface area contributed by atoms with Gasteiger partial charge in [0.2, 0.25) is 0 Å². The van der Waals surface area contributed by atoms with Gasteiger partial charge in [-0.15, -0.1) is 0 Å². The number of fused-ring (bicyclic) bond motifs is 4. The molecule has 1 aromatic heterocycles. The fourth-order valence-corrected chi connectivity index (χ4v) is 4.12. The van der Waals surface area contributed by atoms with Crippen LogP contribution in [0, 0.1) is 5.92 Å². The van der Waals surface area contributed by atoms with Crippen molar-refractivity contribution in [3.05, 3.63) is 23.9 Å². The van der Waals surface area contributed by atoms with Crippen molar-refractivity contribution in [2.45, 2.75) is 45.2 Å². The molecule has 8 heteroatoms. The summed E-state index contributed by atoms with van der Waals surface area (Å²) in [5, 5.41) is 16.7. The number of carbonyl (C=O) groups is 2. The lowest BCUT2D eigenvalue weighted by atomic mass is 9.84. The number of benzene rings is 1. The van der Waals surface area contributed by atoms with Gasteiger partial charge in [-0.2, -0.15) is 5.10 Å². The number of amides is 3. The number of urea groups is 1. The highest BCUT2D eigenvalue weighted by Gasteiger charge is 2.35. The largest absolute Gasteiger partial charge is 0.346 e. The Balaban J connectivity index is 1.48. The van der Waals surface area contributed by atoms with Gasteiger partial charge in [-0.05, 0) is 63.4 Å². The van der Waals surface area contributed by atoms with Gasteiger partial charge in [-0.25, -0.2) is 4.79 Å². The van der Waals surface area contributed by atoms with E-state index in [0.717, 1.165) is 44.4 Å². The van der Waals surface area contributed by atoms with Crippen LogP contribution in [0.5, 0.6) is 0 Å². The first-order valence-corrected chi connectivity index (χ1v) is 10.1. The van der Waals surface area contributed by atoms with Crippen LogP contribution in [0.25, 0.3) is 10.9 Å². The van der Waals surface area contributed by atoms with Crippen LogP contribution in [0.15, 0.2) is 18.2 Å². The van der Waals surface area contributed by atoms with E-state index in [4.69, 9.17) is 0 Å². The average Bonchev–Trinajstić information content (AvgIpc) is 3.12. The number of carbonyl (C=O) groups excluding carboxylic acids is 2. The van der Waals surface area contributed by atoms with Crippen LogP contribution in [0.2, 0.25) is 0 Å². The highest BCUT2D eigenvalue weighted by Crippen LogP contribution is 2.28. The first-order valence-electron chi connectivity index (χ1n) is 10.1. The minimum Gasteiger partial charge on any atom is -0.346 e. The maximum atomic E-state index is 12.9. The van der Waals surface area contributed by atoms with Crippen molar-refractivity contribution in [3.8, 4) is 0 Å². The summed E-state index contributed by atoms with van der Waals surface area (Å²) in [6.45, 7) is 7.16. The Morgan fingerprint density at radius 3 is 2.79 bits per heavy atom. The molecule has 2 aromatic rings. The highest BCUT2D eigenvalue weighted by molar-refractivity contribution is 6.06. The van der Waals surface area contributed by atoms with E-state index >= 15 is 0 Å². The normalized spacial score (nSPS) is 24.7. The molecule has 1 aromatic carbocycles. The van der Waals surface area contributed by atoms with E-state index in [2.05, 4.69) is 31.0 Å². The molecule has 3 aliphatic rings. The number of H-pyrrole nitrogens is 1. The molecular formula is C20H28N6O2.